The lowest BCUT2D eigenvalue weighted by atomic mass is 10.2. The lowest BCUT2D eigenvalue weighted by molar-refractivity contribution is 0.320. The van der Waals surface area contributed by atoms with E-state index in [-0.39, 0.29) is 0 Å². The normalized spacial score (nSPS) is 21.2. The molecule has 0 aromatic heterocycles. The van der Waals surface area contributed by atoms with Gasteiger partial charge < -0.3 is 4.74 Å². The Morgan fingerprint density at radius 2 is 2.12 bits per heavy atom. The van der Waals surface area contributed by atoms with Crippen LogP contribution in [0.15, 0.2) is 24.3 Å². The zero-order valence-corrected chi connectivity index (χ0v) is 10.4. The number of rotatable bonds is 4. The predicted molar refractivity (Wildman–Crippen MR) is 67.1 cm³/mol. The number of hydrogen-bond acceptors (Lipinski definition) is 2. The van der Waals surface area contributed by atoms with Crippen molar-refractivity contribution in [1.29, 1.82) is 0 Å². The Bertz CT molecular complexity index is 325. The van der Waals surface area contributed by atoms with Gasteiger partial charge in [0.25, 0.3) is 0 Å². The molecule has 0 amide bonds. The van der Waals surface area contributed by atoms with Crippen LogP contribution >= 0.6 is 11.6 Å². The van der Waals surface area contributed by atoms with Crippen molar-refractivity contribution in [2.24, 2.45) is 5.92 Å². The van der Waals surface area contributed by atoms with Crippen molar-refractivity contribution < 1.29 is 4.74 Å². The van der Waals surface area contributed by atoms with E-state index in [9.17, 15) is 0 Å². The summed E-state index contributed by atoms with van der Waals surface area (Å²) >= 11 is 5.87. The van der Waals surface area contributed by atoms with Crippen LogP contribution in [0.3, 0.4) is 0 Å². The zero-order chi connectivity index (χ0) is 11.4. The highest BCUT2D eigenvalue weighted by Crippen LogP contribution is 2.20. The molecule has 1 aromatic rings. The van der Waals surface area contributed by atoms with E-state index in [1.54, 1.807) is 7.11 Å². The fourth-order valence-electron chi connectivity index (χ4n) is 2.17. The van der Waals surface area contributed by atoms with Crippen LogP contribution in [-0.2, 0) is 6.54 Å². The standard InChI is InChI=1S/C13H18ClNO/c1-16-13-4-2-11(3-5-13)9-15-7-6-12(8-14)10-15/h2-5,12H,6-10H2,1H3. The van der Waals surface area contributed by atoms with E-state index >= 15 is 0 Å². The fourth-order valence-corrected chi connectivity index (χ4v) is 2.42. The molecular formula is C13H18ClNO. The number of ether oxygens (including phenoxy) is 1. The van der Waals surface area contributed by atoms with E-state index in [1.807, 2.05) is 12.1 Å². The molecule has 0 spiro atoms. The molecule has 1 fully saturated rings. The Morgan fingerprint density at radius 3 is 2.69 bits per heavy atom. The van der Waals surface area contributed by atoms with Crippen LogP contribution in [0, 0.1) is 5.92 Å². The SMILES string of the molecule is COc1ccc(CN2CCC(CCl)C2)cc1. The number of likely N-dealkylation sites (tertiary alicyclic amines) is 1. The molecule has 1 aliphatic heterocycles. The van der Waals surface area contributed by atoms with Crippen LogP contribution in [0.2, 0.25) is 0 Å². The molecule has 3 heteroatoms. The summed E-state index contributed by atoms with van der Waals surface area (Å²) < 4.78 is 5.14. The Balaban J connectivity index is 1.89. The van der Waals surface area contributed by atoms with Gasteiger partial charge in [0.1, 0.15) is 5.75 Å². The first-order valence-electron chi connectivity index (χ1n) is 5.73. The van der Waals surface area contributed by atoms with Crippen LogP contribution < -0.4 is 4.74 Å². The van der Waals surface area contributed by atoms with Crippen LogP contribution in [-0.4, -0.2) is 31.0 Å². The van der Waals surface area contributed by atoms with Gasteiger partial charge >= 0.3 is 0 Å². The minimum atomic E-state index is 0.680. The summed E-state index contributed by atoms with van der Waals surface area (Å²) in [6.07, 6.45) is 1.24. The quantitative estimate of drug-likeness (QED) is 0.750. The molecule has 0 bridgehead atoms. The number of benzene rings is 1. The molecule has 0 saturated carbocycles. The molecule has 1 unspecified atom stereocenters. The Labute approximate surface area is 102 Å². The molecule has 0 radical (unpaired) electrons. The number of methoxy groups -OCH3 is 1. The van der Waals surface area contributed by atoms with Crippen molar-refractivity contribution in [1.82, 2.24) is 4.90 Å². The highest BCUT2D eigenvalue weighted by molar-refractivity contribution is 6.18. The third kappa shape index (κ3) is 2.89. The molecule has 1 heterocycles. The van der Waals surface area contributed by atoms with Crippen molar-refractivity contribution in [2.75, 3.05) is 26.1 Å². The Morgan fingerprint density at radius 1 is 1.38 bits per heavy atom. The van der Waals surface area contributed by atoms with E-state index in [1.165, 1.54) is 18.5 Å². The van der Waals surface area contributed by atoms with E-state index in [0.29, 0.717) is 5.92 Å². The van der Waals surface area contributed by atoms with Crippen LogP contribution in [0.4, 0.5) is 0 Å². The Kier molecular flexibility index (Phi) is 4.08. The van der Waals surface area contributed by atoms with Gasteiger partial charge in [0, 0.05) is 19.0 Å². The lowest BCUT2D eigenvalue weighted by Crippen LogP contribution is -2.20. The highest BCUT2D eigenvalue weighted by atomic mass is 35.5. The van der Waals surface area contributed by atoms with E-state index in [0.717, 1.165) is 24.7 Å². The lowest BCUT2D eigenvalue weighted by Gasteiger charge is -2.15. The summed E-state index contributed by atoms with van der Waals surface area (Å²) in [5.41, 5.74) is 1.34. The average Bonchev–Trinajstić information content (AvgIpc) is 2.78. The number of nitrogens with zero attached hydrogens (tertiary/aromatic N) is 1. The fraction of sp³-hybridized carbons (Fsp3) is 0.538. The van der Waals surface area contributed by atoms with Gasteiger partial charge in [-0.3, -0.25) is 4.90 Å². The zero-order valence-electron chi connectivity index (χ0n) is 9.66. The number of halogens is 1. The van der Waals surface area contributed by atoms with Gasteiger partial charge in [0.05, 0.1) is 7.11 Å². The van der Waals surface area contributed by atoms with Crippen molar-refractivity contribution in [3.05, 3.63) is 29.8 Å². The maximum atomic E-state index is 5.87. The molecule has 2 nitrogen and oxygen atoms in total. The van der Waals surface area contributed by atoms with Crippen LogP contribution in [0.5, 0.6) is 5.75 Å². The van der Waals surface area contributed by atoms with E-state index in [2.05, 4.69) is 17.0 Å². The average molecular weight is 240 g/mol. The van der Waals surface area contributed by atoms with Gasteiger partial charge in [-0.2, -0.15) is 0 Å². The van der Waals surface area contributed by atoms with Gasteiger partial charge in [0.15, 0.2) is 0 Å². The first-order valence-corrected chi connectivity index (χ1v) is 6.26. The molecule has 0 aliphatic carbocycles. The summed E-state index contributed by atoms with van der Waals surface area (Å²) in [6, 6.07) is 8.30. The molecule has 1 aromatic carbocycles. The monoisotopic (exact) mass is 239 g/mol. The topological polar surface area (TPSA) is 12.5 Å². The number of hydrogen-bond donors (Lipinski definition) is 0. The van der Waals surface area contributed by atoms with Crippen LogP contribution in [0.25, 0.3) is 0 Å². The smallest absolute Gasteiger partial charge is 0.118 e. The summed E-state index contributed by atoms with van der Waals surface area (Å²) in [5, 5.41) is 0. The molecule has 88 valence electrons. The summed E-state index contributed by atoms with van der Waals surface area (Å²) in [6.45, 7) is 3.33. The second kappa shape index (κ2) is 5.55. The van der Waals surface area contributed by atoms with Crippen molar-refractivity contribution in [2.45, 2.75) is 13.0 Å². The van der Waals surface area contributed by atoms with Gasteiger partial charge in [-0.1, -0.05) is 12.1 Å². The maximum absolute atomic E-state index is 5.87. The second-order valence-electron chi connectivity index (χ2n) is 4.39. The van der Waals surface area contributed by atoms with Gasteiger partial charge in [-0.15, -0.1) is 11.6 Å². The third-order valence-corrected chi connectivity index (χ3v) is 3.59. The van der Waals surface area contributed by atoms with Crippen LogP contribution in [0.1, 0.15) is 12.0 Å². The van der Waals surface area contributed by atoms with Crippen molar-refractivity contribution in [3.63, 3.8) is 0 Å². The van der Waals surface area contributed by atoms with Crippen molar-refractivity contribution in [3.8, 4) is 5.75 Å². The maximum Gasteiger partial charge on any atom is 0.118 e. The summed E-state index contributed by atoms with van der Waals surface area (Å²) in [5.74, 6) is 2.39. The van der Waals surface area contributed by atoms with Gasteiger partial charge in [-0.05, 0) is 36.6 Å². The largest absolute Gasteiger partial charge is 0.497 e. The molecule has 0 N–H and O–H groups in total. The molecular weight excluding hydrogens is 222 g/mol. The predicted octanol–water partition coefficient (Wildman–Crippen LogP) is 2.76. The summed E-state index contributed by atoms with van der Waals surface area (Å²) in [7, 11) is 1.69. The molecule has 2 rings (SSSR count). The first kappa shape index (κ1) is 11.7. The summed E-state index contributed by atoms with van der Waals surface area (Å²) in [4.78, 5) is 2.47. The van der Waals surface area contributed by atoms with E-state index in [4.69, 9.17) is 16.3 Å². The third-order valence-electron chi connectivity index (χ3n) is 3.15. The minimum absolute atomic E-state index is 0.680. The Hall–Kier alpha value is -0.730. The molecule has 16 heavy (non-hydrogen) atoms. The number of alkyl halides is 1. The van der Waals surface area contributed by atoms with Gasteiger partial charge in [0.2, 0.25) is 0 Å². The molecule has 1 saturated heterocycles. The molecule has 1 aliphatic rings. The van der Waals surface area contributed by atoms with Gasteiger partial charge in [-0.25, -0.2) is 0 Å². The first-order chi connectivity index (χ1) is 7.81. The second-order valence-corrected chi connectivity index (χ2v) is 4.70. The minimum Gasteiger partial charge on any atom is -0.497 e. The highest BCUT2D eigenvalue weighted by Gasteiger charge is 2.21. The molecule has 1 atom stereocenters. The van der Waals surface area contributed by atoms with E-state index < -0.39 is 0 Å². The van der Waals surface area contributed by atoms with Crippen molar-refractivity contribution >= 4 is 11.6 Å².